The molecule has 0 amide bonds. The molecule has 21 heavy (non-hydrogen) atoms. The van der Waals surface area contributed by atoms with Gasteiger partial charge in [0.2, 0.25) is 0 Å². The van der Waals surface area contributed by atoms with Gasteiger partial charge < -0.3 is 10.1 Å². The Balaban J connectivity index is 2.06. The zero-order valence-corrected chi connectivity index (χ0v) is 13.1. The van der Waals surface area contributed by atoms with Gasteiger partial charge in [-0.3, -0.25) is 0 Å². The van der Waals surface area contributed by atoms with E-state index in [0.29, 0.717) is 0 Å². The third-order valence-corrected chi connectivity index (χ3v) is 3.87. The maximum atomic E-state index is 13.5. The van der Waals surface area contributed by atoms with Crippen LogP contribution < -0.4 is 10.1 Å². The molecule has 1 N–H and O–H groups in total. The lowest BCUT2D eigenvalue weighted by atomic mass is 10.0. The minimum atomic E-state index is -0.389. The summed E-state index contributed by atoms with van der Waals surface area (Å²) < 4.78 is 18.7. The topological polar surface area (TPSA) is 21.3 Å². The van der Waals surface area contributed by atoms with Crippen LogP contribution in [0.1, 0.15) is 37.1 Å². The van der Waals surface area contributed by atoms with Crippen molar-refractivity contribution in [3.05, 3.63) is 64.4 Å². The quantitative estimate of drug-likeness (QED) is 0.848. The second kappa shape index (κ2) is 6.92. The van der Waals surface area contributed by atoms with E-state index in [0.717, 1.165) is 16.9 Å². The van der Waals surface area contributed by atoms with Crippen LogP contribution >= 0.6 is 11.6 Å². The monoisotopic (exact) mass is 307 g/mol. The van der Waals surface area contributed by atoms with Crippen LogP contribution in [0.25, 0.3) is 0 Å². The van der Waals surface area contributed by atoms with E-state index in [4.69, 9.17) is 16.3 Å². The molecule has 2 rings (SSSR count). The van der Waals surface area contributed by atoms with Gasteiger partial charge in [-0.1, -0.05) is 29.8 Å². The van der Waals surface area contributed by atoms with E-state index in [1.165, 1.54) is 6.07 Å². The molecule has 0 aromatic heterocycles. The van der Waals surface area contributed by atoms with E-state index in [1.54, 1.807) is 13.2 Å². The summed E-state index contributed by atoms with van der Waals surface area (Å²) >= 11 is 5.71. The molecule has 2 nitrogen and oxygen atoms in total. The van der Waals surface area contributed by atoms with Gasteiger partial charge in [0.1, 0.15) is 11.6 Å². The molecule has 112 valence electrons. The average molecular weight is 308 g/mol. The Bertz CT molecular complexity index is 600. The number of nitrogens with one attached hydrogen (secondary N) is 1. The van der Waals surface area contributed by atoms with Crippen LogP contribution in [0.15, 0.2) is 42.5 Å². The van der Waals surface area contributed by atoms with Gasteiger partial charge in [0.25, 0.3) is 0 Å². The molecule has 1 unspecified atom stereocenters. The van der Waals surface area contributed by atoms with Crippen molar-refractivity contribution in [2.75, 3.05) is 7.11 Å². The van der Waals surface area contributed by atoms with E-state index in [-0.39, 0.29) is 22.9 Å². The molecule has 0 radical (unpaired) electrons. The fourth-order valence-corrected chi connectivity index (χ4v) is 2.36. The molecule has 0 aliphatic rings. The minimum Gasteiger partial charge on any atom is -0.497 e. The molecule has 4 heteroatoms. The zero-order chi connectivity index (χ0) is 15.4. The Kier molecular flexibility index (Phi) is 5.21. The molecule has 0 aliphatic carbocycles. The summed E-state index contributed by atoms with van der Waals surface area (Å²) in [7, 11) is 1.65. The number of ether oxygens (including phenoxy) is 1. The van der Waals surface area contributed by atoms with Crippen LogP contribution in [0.5, 0.6) is 5.75 Å². The van der Waals surface area contributed by atoms with Crippen molar-refractivity contribution in [2.45, 2.75) is 25.9 Å². The zero-order valence-electron chi connectivity index (χ0n) is 12.4. The fourth-order valence-electron chi connectivity index (χ4n) is 2.24. The number of halogens is 2. The number of hydrogen-bond acceptors (Lipinski definition) is 2. The molecule has 2 atom stereocenters. The smallest absolute Gasteiger partial charge is 0.142 e. The van der Waals surface area contributed by atoms with E-state index < -0.39 is 0 Å². The molecular weight excluding hydrogens is 289 g/mol. The molecule has 0 saturated carbocycles. The molecule has 0 fully saturated rings. The lowest BCUT2D eigenvalue weighted by Gasteiger charge is -2.21. The SMILES string of the molecule is COc1ccc([C@@H](C)NC(C)c2ccc(Cl)c(F)c2)cc1. The van der Waals surface area contributed by atoms with Gasteiger partial charge in [0.15, 0.2) is 0 Å². The van der Waals surface area contributed by atoms with Gasteiger partial charge in [-0.25, -0.2) is 4.39 Å². The first-order valence-corrected chi connectivity index (χ1v) is 7.24. The predicted octanol–water partition coefficient (Wildman–Crippen LogP) is 4.90. The van der Waals surface area contributed by atoms with Crippen molar-refractivity contribution >= 4 is 11.6 Å². The van der Waals surface area contributed by atoms with E-state index >= 15 is 0 Å². The fraction of sp³-hybridized carbons (Fsp3) is 0.294. The molecule has 0 saturated heterocycles. The van der Waals surface area contributed by atoms with Crippen LogP contribution in [0.3, 0.4) is 0 Å². The Labute approximate surface area is 129 Å². The second-order valence-corrected chi connectivity index (χ2v) is 5.46. The van der Waals surface area contributed by atoms with Crippen LogP contribution in [0.2, 0.25) is 5.02 Å². The van der Waals surface area contributed by atoms with Crippen LogP contribution in [0.4, 0.5) is 4.39 Å². The number of benzene rings is 2. The van der Waals surface area contributed by atoms with Gasteiger partial charge in [-0.15, -0.1) is 0 Å². The maximum Gasteiger partial charge on any atom is 0.142 e. The highest BCUT2D eigenvalue weighted by Crippen LogP contribution is 2.24. The van der Waals surface area contributed by atoms with Crippen molar-refractivity contribution in [3.8, 4) is 5.75 Å². The van der Waals surface area contributed by atoms with Gasteiger partial charge >= 0.3 is 0 Å². The summed E-state index contributed by atoms with van der Waals surface area (Å²) in [5, 5.41) is 3.59. The van der Waals surface area contributed by atoms with Crippen LogP contribution in [-0.4, -0.2) is 7.11 Å². The Hall–Kier alpha value is -1.58. The molecular formula is C17H19ClFNO. The highest BCUT2D eigenvalue weighted by molar-refractivity contribution is 6.30. The number of rotatable bonds is 5. The largest absolute Gasteiger partial charge is 0.497 e. The predicted molar refractivity (Wildman–Crippen MR) is 84.4 cm³/mol. The molecule has 0 aliphatic heterocycles. The highest BCUT2D eigenvalue weighted by Gasteiger charge is 2.12. The Morgan fingerprint density at radius 2 is 1.57 bits per heavy atom. The molecule has 0 spiro atoms. The van der Waals surface area contributed by atoms with Crippen molar-refractivity contribution in [1.82, 2.24) is 5.32 Å². The van der Waals surface area contributed by atoms with Gasteiger partial charge in [-0.05, 0) is 49.2 Å². The third kappa shape index (κ3) is 3.96. The van der Waals surface area contributed by atoms with E-state index in [1.807, 2.05) is 37.3 Å². The normalized spacial score (nSPS) is 13.8. The molecule has 0 bridgehead atoms. The number of hydrogen-bond donors (Lipinski definition) is 1. The first kappa shape index (κ1) is 15.8. The third-order valence-electron chi connectivity index (χ3n) is 3.56. The van der Waals surface area contributed by atoms with Crippen molar-refractivity contribution in [2.24, 2.45) is 0 Å². The molecule has 2 aromatic rings. The summed E-state index contributed by atoms with van der Waals surface area (Å²) in [6.07, 6.45) is 0. The standard InChI is InChI=1S/C17H19ClFNO/c1-11(13-4-7-15(21-3)8-5-13)20-12(2)14-6-9-16(18)17(19)10-14/h4-12,20H,1-3H3/t11-,12?/m1/s1. The van der Waals surface area contributed by atoms with Crippen LogP contribution in [0, 0.1) is 5.82 Å². The van der Waals surface area contributed by atoms with Gasteiger partial charge in [-0.2, -0.15) is 0 Å². The van der Waals surface area contributed by atoms with E-state index in [9.17, 15) is 4.39 Å². The van der Waals surface area contributed by atoms with Gasteiger partial charge in [0, 0.05) is 12.1 Å². The molecule has 2 aromatic carbocycles. The summed E-state index contributed by atoms with van der Waals surface area (Å²) in [5.74, 6) is 0.443. The summed E-state index contributed by atoms with van der Waals surface area (Å²) in [5.41, 5.74) is 2.02. The van der Waals surface area contributed by atoms with E-state index in [2.05, 4.69) is 12.2 Å². The minimum absolute atomic E-state index is 0.0221. The maximum absolute atomic E-state index is 13.5. The first-order valence-electron chi connectivity index (χ1n) is 6.86. The lowest BCUT2D eigenvalue weighted by Crippen LogP contribution is -2.22. The summed E-state index contributed by atoms with van der Waals surface area (Å²) in [6.45, 7) is 4.08. The summed E-state index contributed by atoms with van der Waals surface area (Å²) in [6, 6.07) is 13.0. The van der Waals surface area contributed by atoms with Crippen molar-refractivity contribution in [1.29, 1.82) is 0 Å². The van der Waals surface area contributed by atoms with Gasteiger partial charge in [0.05, 0.1) is 12.1 Å². The van der Waals surface area contributed by atoms with Crippen molar-refractivity contribution < 1.29 is 9.13 Å². The average Bonchev–Trinajstić information content (AvgIpc) is 2.50. The Morgan fingerprint density at radius 1 is 1.00 bits per heavy atom. The lowest BCUT2D eigenvalue weighted by molar-refractivity contribution is 0.414. The number of methoxy groups -OCH3 is 1. The molecule has 0 heterocycles. The Morgan fingerprint density at radius 3 is 2.14 bits per heavy atom. The highest BCUT2D eigenvalue weighted by atomic mass is 35.5. The second-order valence-electron chi connectivity index (χ2n) is 5.06. The first-order chi connectivity index (χ1) is 10.0. The van der Waals surface area contributed by atoms with Crippen molar-refractivity contribution in [3.63, 3.8) is 0 Å². The van der Waals surface area contributed by atoms with Crippen LogP contribution in [-0.2, 0) is 0 Å². The summed E-state index contributed by atoms with van der Waals surface area (Å²) in [4.78, 5) is 0.